The zero-order valence-electron chi connectivity index (χ0n) is 9.92. The van der Waals surface area contributed by atoms with Gasteiger partial charge in [0.15, 0.2) is 5.75 Å². The van der Waals surface area contributed by atoms with Crippen molar-refractivity contribution in [3.63, 3.8) is 0 Å². The normalized spacial score (nSPS) is 10.5. The summed E-state index contributed by atoms with van der Waals surface area (Å²) in [6.07, 6.45) is 0. The zero-order chi connectivity index (χ0) is 13.0. The van der Waals surface area contributed by atoms with Crippen LogP contribution >= 0.6 is 23.2 Å². The molecule has 0 saturated heterocycles. The van der Waals surface area contributed by atoms with Crippen LogP contribution in [0.25, 0.3) is 0 Å². The first-order chi connectivity index (χ1) is 7.95. The summed E-state index contributed by atoms with van der Waals surface area (Å²) in [6, 6.07) is 3.01. The summed E-state index contributed by atoms with van der Waals surface area (Å²) in [5.74, 6) is 0.122. The van der Waals surface area contributed by atoms with E-state index in [-0.39, 0.29) is 5.56 Å². The van der Waals surface area contributed by atoms with Crippen molar-refractivity contribution in [2.45, 2.75) is 13.8 Å². The molecule has 0 amide bonds. The number of carbonyl (C=O) groups excluding carboxylic acids is 1. The molecular formula is C12H14Cl2O3. The molecule has 0 N–H and O–H groups in total. The van der Waals surface area contributed by atoms with Gasteiger partial charge >= 0.3 is 5.97 Å². The molecule has 0 fully saturated rings. The summed E-state index contributed by atoms with van der Waals surface area (Å²) in [5, 5.41) is 0.672. The van der Waals surface area contributed by atoms with Crippen LogP contribution in [-0.2, 0) is 4.74 Å². The molecule has 0 radical (unpaired) electrons. The molecular weight excluding hydrogens is 263 g/mol. The van der Waals surface area contributed by atoms with Gasteiger partial charge in [0, 0.05) is 5.02 Å². The first kappa shape index (κ1) is 14.1. The molecule has 1 aromatic rings. The van der Waals surface area contributed by atoms with Crippen molar-refractivity contribution in [3.05, 3.63) is 27.7 Å². The predicted molar refractivity (Wildman–Crippen MR) is 68.1 cm³/mol. The maximum Gasteiger partial charge on any atom is 0.341 e. The highest BCUT2D eigenvalue weighted by Gasteiger charge is 2.18. The second-order valence-electron chi connectivity index (χ2n) is 3.96. The lowest BCUT2D eigenvalue weighted by molar-refractivity contribution is 0.0595. The van der Waals surface area contributed by atoms with E-state index in [1.807, 2.05) is 13.8 Å². The van der Waals surface area contributed by atoms with E-state index in [1.165, 1.54) is 19.2 Å². The van der Waals surface area contributed by atoms with Gasteiger partial charge in [-0.25, -0.2) is 4.79 Å². The highest BCUT2D eigenvalue weighted by molar-refractivity contribution is 6.36. The Bertz CT molecular complexity index is 416. The van der Waals surface area contributed by atoms with Crippen molar-refractivity contribution in [1.82, 2.24) is 0 Å². The van der Waals surface area contributed by atoms with Gasteiger partial charge in [0.1, 0.15) is 5.56 Å². The Kier molecular flexibility index (Phi) is 5.09. The lowest BCUT2D eigenvalue weighted by Gasteiger charge is -2.14. The van der Waals surface area contributed by atoms with Gasteiger partial charge in [0.2, 0.25) is 0 Å². The van der Waals surface area contributed by atoms with Crippen LogP contribution in [0.4, 0.5) is 0 Å². The molecule has 0 heterocycles. The third-order valence-corrected chi connectivity index (χ3v) is 2.47. The summed E-state index contributed by atoms with van der Waals surface area (Å²) in [7, 11) is 1.30. The number of hydrogen-bond acceptors (Lipinski definition) is 3. The minimum atomic E-state index is -0.520. The maximum absolute atomic E-state index is 11.6. The third-order valence-electron chi connectivity index (χ3n) is 1.97. The van der Waals surface area contributed by atoms with Gasteiger partial charge in [-0.2, -0.15) is 0 Å². The lowest BCUT2D eigenvalue weighted by Crippen LogP contribution is -2.10. The van der Waals surface area contributed by atoms with E-state index in [1.54, 1.807) is 0 Å². The van der Waals surface area contributed by atoms with Crippen LogP contribution in [0.15, 0.2) is 12.1 Å². The van der Waals surface area contributed by atoms with Crippen molar-refractivity contribution < 1.29 is 14.3 Å². The molecule has 17 heavy (non-hydrogen) atoms. The highest BCUT2D eigenvalue weighted by atomic mass is 35.5. The average Bonchev–Trinajstić information content (AvgIpc) is 2.25. The van der Waals surface area contributed by atoms with Crippen LogP contribution in [0.1, 0.15) is 24.2 Å². The Balaban J connectivity index is 3.11. The van der Waals surface area contributed by atoms with Gasteiger partial charge in [-0.1, -0.05) is 37.0 Å². The average molecular weight is 277 g/mol. The number of rotatable bonds is 4. The van der Waals surface area contributed by atoms with Crippen LogP contribution in [0, 0.1) is 5.92 Å². The Morgan fingerprint density at radius 3 is 2.53 bits per heavy atom. The molecule has 0 unspecified atom stereocenters. The fourth-order valence-electron chi connectivity index (χ4n) is 1.22. The number of esters is 1. The second-order valence-corrected chi connectivity index (χ2v) is 4.80. The van der Waals surface area contributed by atoms with E-state index in [4.69, 9.17) is 27.9 Å². The first-order valence-electron chi connectivity index (χ1n) is 5.15. The monoisotopic (exact) mass is 276 g/mol. The Morgan fingerprint density at radius 2 is 2.00 bits per heavy atom. The topological polar surface area (TPSA) is 35.5 Å². The molecule has 1 aromatic carbocycles. The smallest absolute Gasteiger partial charge is 0.341 e. The summed E-state index contributed by atoms with van der Waals surface area (Å²) in [4.78, 5) is 11.6. The maximum atomic E-state index is 11.6. The molecule has 0 atom stereocenters. The van der Waals surface area contributed by atoms with Gasteiger partial charge in [-0.15, -0.1) is 0 Å². The summed E-state index contributed by atoms with van der Waals surface area (Å²) < 4.78 is 10.2. The van der Waals surface area contributed by atoms with Gasteiger partial charge in [0.25, 0.3) is 0 Å². The van der Waals surface area contributed by atoms with Crippen molar-refractivity contribution >= 4 is 29.2 Å². The van der Waals surface area contributed by atoms with Crippen molar-refractivity contribution in [1.29, 1.82) is 0 Å². The van der Waals surface area contributed by atoms with Crippen molar-refractivity contribution in [2.75, 3.05) is 13.7 Å². The summed E-state index contributed by atoms with van der Waals surface area (Å²) >= 11 is 11.8. The first-order valence-corrected chi connectivity index (χ1v) is 5.91. The minimum absolute atomic E-state index is 0.241. The molecule has 3 nitrogen and oxygen atoms in total. The SMILES string of the molecule is COC(=O)c1cc(Cl)cc(Cl)c1OCC(C)C. The molecule has 0 aliphatic heterocycles. The van der Waals surface area contributed by atoms with Crippen LogP contribution in [0.5, 0.6) is 5.75 Å². The van der Waals surface area contributed by atoms with Gasteiger partial charge in [-0.05, 0) is 18.1 Å². The standard InChI is InChI=1S/C12H14Cl2O3/c1-7(2)6-17-11-9(12(15)16-3)4-8(13)5-10(11)14/h4-5,7H,6H2,1-3H3. The molecule has 1 rings (SSSR count). The number of halogens is 2. The quantitative estimate of drug-likeness (QED) is 0.785. The Hall–Kier alpha value is -0.930. The van der Waals surface area contributed by atoms with Crippen molar-refractivity contribution in [3.8, 4) is 5.75 Å². The van der Waals surface area contributed by atoms with Crippen LogP contribution in [-0.4, -0.2) is 19.7 Å². The Morgan fingerprint density at radius 1 is 1.35 bits per heavy atom. The molecule has 0 aliphatic rings. The number of methoxy groups -OCH3 is 1. The molecule has 5 heteroatoms. The molecule has 0 spiro atoms. The zero-order valence-corrected chi connectivity index (χ0v) is 11.4. The number of carbonyl (C=O) groups is 1. The fraction of sp³-hybridized carbons (Fsp3) is 0.417. The largest absolute Gasteiger partial charge is 0.491 e. The third kappa shape index (κ3) is 3.79. The van der Waals surface area contributed by atoms with E-state index in [0.717, 1.165) is 0 Å². The molecule has 0 bridgehead atoms. The van der Waals surface area contributed by atoms with E-state index >= 15 is 0 Å². The summed E-state index contributed by atoms with van der Waals surface area (Å²) in [6.45, 7) is 4.47. The van der Waals surface area contributed by atoms with E-state index < -0.39 is 5.97 Å². The van der Waals surface area contributed by atoms with Crippen LogP contribution in [0.3, 0.4) is 0 Å². The number of hydrogen-bond donors (Lipinski definition) is 0. The summed E-state index contributed by atoms with van der Waals surface area (Å²) in [5.41, 5.74) is 0.241. The van der Waals surface area contributed by atoms with E-state index in [0.29, 0.717) is 28.3 Å². The predicted octanol–water partition coefficient (Wildman–Crippen LogP) is 3.81. The lowest BCUT2D eigenvalue weighted by atomic mass is 10.2. The second kappa shape index (κ2) is 6.12. The number of benzene rings is 1. The highest BCUT2D eigenvalue weighted by Crippen LogP contribution is 2.33. The van der Waals surface area contributed by atoms with Gasteiger partial charge in [0.05, 0.1) is 18.7 Å². The van der Waals surface area contributed by atoms with Gasteiger partial charge in [-0.3, -0.25) is 0 Å². The van der Waals surface area contributed by atoms with E-state index in [2.05, 4.69) is 4.74 Å². The fourth-order valence-corrected chi connectivity index (χ4v) is 1.77. The van der Waals surface area contributed by atoms with Gasteiger partial charge < -0.3 is 9.47 Å². The minimum Gasteiger partial charge on any atom is -0.491 e. The molecule has 0 aromatic heterocycles. The van der Waals surface area contributed by atoms with Crippen LogP contribution < -0.4 is 4.74 Å². The number of ether oxygens (including phenoxy) is 2. The molecule has 0 saturated carbocycles. The van der Waals surface area contributed by atoms with E-state index in [9.17, 15) is 4.79 Å². The Labute approximate surface area is 111 Å². The van der Waals surface area contributed by atoms with Crippen molar-refractivity contribution in [2.24, 2.45) is 5.92 Å². The molecule has 0 aliphatic carbocycles. The molecule has 94 valence electrons. The van der Waals surface area contributed by atoms with Crippen LogP contribution in [0.2, 0.25) is 10.0 Å².